The summed E-state index contributed by atoms with van der Waals surface area (Å²) in [6.45, 7) is 0.140. The normalized spacial score (nSPS) is 14.3. The van der Waals surface area contributed by atoms with Gasteiger partial charge in [0, 0.05) is 5.56 Å². The molecule has 0 aromatic heterocycles. The molecule has 0 amide bonds. The van der Waals surface area contributed by atoms with Crippen LogP contribution in [0.4, 0.5) is 8.78 Å². The van der Waals surface area contributed by atoms with E-state index in [9.17, 15) is 13.6 Å². The van der Waals surface area contributed by atoms with Crippen LogP contribution >= 0.6 is 15.9 Å². The second kappa shape index (κ2) is 9.32. The van der Waals surface area contributed by atoms with E-state index < -0.39 is 11.8 Å². The molecule has 162 valence electrons. The number of carbonyl (C=O) groups excluding carboxylic acids is 1. The Morgan fingerprint density at radius 1 is 1.06 bits per heavy atom. The molecule has 3 aromatic carbocycles. The van der Waals surface area contributed by atoms with Crippen molar-refractivity contribution in [2.45, 2.75) is 6.61 Å². The van der Waals surface area contributed by atoms with Gasteiger partial charge in [0.15, 0.2) is 17.2 Å². The molecule has 0 saturated carbocycles. The van der Waals surface area contributed by atoms with Gasteiger partial charge in [-0.25, -0.2) is 18.6 Å². The van der Waals surface area contributed by atoms with Gasteiger partial charge in [0.2, 0.25) is 5.90 Å². The van der Waals surface area contributed by atoms with Crippen molar-refractivity contribution in [3.05, 3.63) is 99.2 Å². The van der Waals surface area contributed by atoms with Gasteiger partial charge in [-0.3, -0.25) is 0 Å². The van der Waals surface area contributed by atoms with Crippen LogP contribution in [0.5, 0.6) is 11.5 Å². The Kier molecular flexibility index (Phi) is 6.32. The maximum absolute atomic E-state index is 13.5. The number of esters is 1. The van der Waals surface area contributed by atoms with Crippen molar-refractivity contribution in [3.63, 3.8) is 0 Å². The molecule has 0 saturated heterocycles. The third-order valence-electron chi connectivity index (χ3n) is 4.52. The quantitative estimate of drug-likeness (QED) is 0.324. The molecule has 0 bridgehead atoms. The fourth-order valence-corrected chi connectivity index (χ4v) is 3.63. The summed E-state index contributed by atoms with van der Waals surface area (Å²) in [6.07, 6.45) is 1.53. The number of hydrogen-bond acceptors (Lipinski definition) is 5. The highest BCUT2D eigenvalue weighted by molar-refractivity contribution is 9.10. The van der Waals surface area contributed by atoms with E-state index in [2.05, 4.69) is 20.9 Å². The number of hydrogen-bond donors (Lipinski definition) is 0. The van der Waals surface area contributed by atoms with E-state index in [-0.39, 0.29) is 24.0 Å². The van der Waals surface area contributed by atoms with Gasteiger partial charge in [0.25, 0.3) is 0 Å². The van der Waals surface area contributed by atoms with Crippen LogP contribution in [0, 0.1) is 11.6 Å². The summed E-state index contributed by atoms with van der Waals surface area (Å²) >= 11 is 3.45. The molecule has 0 fully saturated rings. The minimum atomic E-state index is -0.647. The van der Waals surface area contributed by atoms with Crippen LogP contribution in [0.3, 0.4) is 0 Å². The van der Waals surface area contributed by atoms with Gasteiger partial charge in [0.05, 0.1) is 11.6 Å². The Morgan fingerprint density at radius 2 is 1.81 bits per heavy atom. The van der Waals surface area contributed by atoms with Crippen molar-refractivity contribution in [3.8, 4) is 11.5 Å². The average Bonchev–Trinajstić information content (AvgIpc) is 3.13. The minimum absolute atomic E-state index is 0.0295. The van der Waals surface area contributed by atoms with E-state index in [0.29, 0.717) is 32.7 Å². The Bertz CT molecular complexity index is 1260. The fraction of sp³-hybridized carbons (Fsp3) is 0.0833. The molecule has 8 heteroatoms. The summed E-state index contributed by atoms with van der Waals surface area (Å²) in [4.78, 5) is 16.4. The van der Waals surface area contributed by atoms with Gasteiger partial charge in [-0.05, 0) is 75.6 Å². The third-order valence-corrected chi connectivity index (χ3v) is 5.11. The second-order valence-corrected chi connectivity index (χ2v) is 7.65. The zero-order valence-corrected chi connectivity index (χ0v) is 18.4. The maximum Gasteiger partial charge on any atom is 0.363 e. The Morgan fingerprint density at radius 3 is 2.53 bits per heavy atom. The molecular weight excluding hydrogens is 484 g/mol. The Balaban J connectivity index is 1.59. The Labute approximate surface area is 191 Å². The van der Waals surface area contributed by atoms with Crippen molar-refractivity contribution in [1.29, 1.82) is 0 Å². The molecule has 1 aliphatic rings. The van der Waals surface area contributed by atoms with Crippen LogP contribution in [0.2, 0.25) is 0 Å². The maximum atomic E-state index is 13.5. The van der Waals surface area contributed by atoms with Crippen LogP contribution < -0.4 is 9.47 Å². The van der Waals surface area contributed by atoms with Crippen molar-refractivity contribution < 1.29 is 27.8 Å². The first-order chi connectivity index (χ1) is 15.4. The van der Waals surface area contributed by atoms with E-state index in [1.807, 2.05) is 0 Å². The number of halogens is 3. The molecule has 1 heterocycles. The molecule has 5 nitrogen and oxygen atoms in total. The number of aliphatic imine (C=N–C) groups is 1. The van der Waals surface area contributed by atoms with Crippen molar-refractivity contribution >= 4 is 33.9 Å². The molecule has 1 aliphatic heterocycles. The summed E-state index contributed by atoms with van der Waals surface area (Å²) in [5.41, 5.74) is 1.69. The first-order valence-electron chi connectivity index (χ1n) is 9.46. The fourth-order valence-electron chi connectivity index (χ4n) is 3.06. The van der Waals surface area contributed by atoms with Gasteiger partial charge in [0.1, 0.15) is 18.2 Å². The lowest BCUT2D eigenvalue weighted by molar-refractivity contribution is -0.129. The van der Waals surface area contributed by atoms with E-state index in [4.69, 9.17) is 14.2 Å². The molecule has 4 rings (SSSR count). The lowest BCUT2D eigenvalue weighted by atomic mass is 10.1. The van der Waals surface area contributed by atoms with Crippen molar-refractivity contribution in [2.24, 2.45) is 4.99 Å². The van der Waals surface area contributed by atoms with E-state index in [1.54, 1.807) is 30.3 Å². The molecular formula is C24H16BrF2NO4. The summed E-state index contributed by atoms with van der Waals surface area (Å²) < 4.78 is 43.8. The molecule has 0 N–H and O–H groups in total. The second-order valence-electron chi connectivity index (χ2n) is 6.80. The van der Waals surface area contributed by atoms with Crippen molar-refractivity contribution in [2.75, 3.05) is 7.11 Å². The monoisotopic (exact) mass is 499 g/mol. The van der Waals surface area contributed by atoms with Crippen LogP contribution in [0.25, 0.3) is 6.08 Å². The highest BCUT2D eigenvalue weighted by Gasteiger charge is 2.25. The van der Waals surface area contributed by atoms with Gasteiger partial charge in [-0.1, -0.05) is 18.2 Å². The number of methoxy groups -OCH3 is 1. The average molecular weight is 500 g/mol. The summed E-state index contributed by atoms with van der Waals surface area (Å²) in [5.74, 6) is -0.588. The van der Waals surface area contributed by atoms with E-state index in [0.717, 1.165) is 0 Å². The zero-order chi connectivity index (χ0) is 22.7. The lowest BCUT2D eigenvalue weighted by Crippen LogP contribution is -2.05. The van der Waals surface area contributed by atoms with Gasteiger partial charge < -0.3 is 14.2 Å². The van der Waals surface area contributed by atoms with Crippen LogP contribution in [-0.4, -0.2) is 19.0 Å². The van der Waals surface area contributed by atoms with Gasteiger partial charge in [-0.15, -0.1) is 0 Å². The van der Waals surface area contributed by atoms with Crippen LogP contribution in [-0.2, 0) is 16.1 Å². The largest absolute Gasteiger partial charge is 0.493 e. The smallest absolute Gasteiger partial charge is 0.363 e. The molecule has 0 unspecified atom stereocenters. The molecule has 3 aromatic rings. The predicted octanol–water partition coefficient (Wildman–Crippen LogP) is 5.66. The number of cyclic esters (lactones) is 1. The zero-order valence-electron chi connectivity index (χ0n) is 16.8. The molecule has 0 radical (unpaired) electrons. The minimum Gasteiger partial charge on any atom is -0.493 e. The highest BCUT2D eigenvalue weighted by Crippen LogP contribution is 2.38. The summed E-state index contributed by atoms with van der Waals surface area (Å²) in [6, 6.07) is 15.1. The number of benzene rings is 3. The predicted molar refractivity (Wildman–Crippen MR) is 118 cm³/mol. The van der Waals surface area contributed by atoms with Gasteiger partial charge >= 0.3 is 5.97 Å². The molecule has 0 aliphatic carbocycles. The van der Waals surface area contributed by atoms with Crippen molar-refractivity contribution in [1.82, 2.24) is 0 Å². The summed E-state index contributed by atoms with van der Waals surface area (Å²) in [5, 5.41) is 0. The Hall–Kier alpha value is -3.52. The van der Waals surface area contributed by atoms with E-state index in [1.165, 1.54) is 43.5 Å². The van der Waals surface area contributed by atoms with Gasteiger partial charge in [-0.2, -0.15) is 0 Å². The molecule has 0 atom stereocenters. The van der Waals surface area contributed by atoms with Crippen LogP contribution in [0.15, 0.2) is 75.8 Å². The molecule has 0 spiro atoms. The van der Waals surface area contributed by atoms with E-state index >= 15 is 0 Å². The summed E-state index contributed by atoms with van der Waals surface area (Å²) in [7, 11) is 1.48. The molecule has 32 heavy (non-hydrogen) atoms. The van der Waals surface area contributed by atoms with Crippen LogP contribution in [0.1, 0.15) is 16.7 Å². The standard InChI is InChI=1S/C24H16BrF2NO4/c1-30-21-11-15(9-19(25)22(21)31-13-14-4-2-6-17(26)8-14)10-20-24(29)32-23(28-20)16-5-3-7-18(27)12-16/h2-12H,13H2,1H3/b20-10-. The third kappa shape index (κ3) is 4.86. The number of nitrogens with zero attached hydrogens (tertiary/aromatic N) is 1. The number of ether oxygens (including phenoxy) is 3. The number of carbonyl (C=O) groups is 1. The first-order valence-corrected chi connectivity index (χ1v) is 10.3. The topological polar surface area (TPSA) is 57.1 Å². The lowest BCUT2D eigenvalue weighted by Gasteiger charge is -2.13. The SMILES string of the molecule is COc1cc(/C=C2\N=C(c3cccc(F)c3)OC2=O)cc(Br)c1OCc1cccc(F)c1. The number of rotatable bonds is 6. The highest BCUT2D eigenvalue weighted by atomic mass is 79.9. The first kappa shape index (κ1) is 21.7.